The van der Waals surface area contributed by atoms with E-state index < -0.39 is 66.5 Å². The third-order valence-corrected chi connectivity index (χ3v) is 6.58. The van der Waals surface area contributed by atoms with Gasteiger partial charge in [-0.3, -0.25) is 26.9 Å². The van der Waals surface area contributed by atoms with Crippen molar-refractivity contribution in [2.75, 3.05) is 13.2 Å². The van der Waals surface area contributed by atoms with Gasteiger partial charge in [-0.15, -0.1) is 0 Å². The quantitative estimate of drug-likeness (QED) is 0.139. The average molecular weight is 424 g/mol. The summed E-state index contributed by atoms with van der Waals surface area (Å²) in [7, 11) is 0. The Hall–Kier alpha value is -2.48. The van der Waals surface area contributed by atoms with Gasteiger partial charge < -0.3 is 20.2 Å². The van der Waals surface area contributed by atoms with Gasteiger partial charge in [0.05, 0.1) is 6.61 Å². The van der Waals surface area contributed by atoms with Crippen LogP contribution in [-0.2, 0) is 9.53 Å². The Bertz CT molecular complexity index is 839. The number of hydroxylamine groups is 1. The van der Waals surface area contributed by atoms with E-state index in [1.165, 1.54) is 11.5 Å². The van der Waals surface area contributed by atoms with Gasteiger partial charge in [0.25, 0.3) is 0 Å². The molecule has 5 atom stereocenters. The smallest absolute Gasteiger partial charge is 0.404 e. The third kappa shape index (κ3) is 2.18. The van der Waals surface area contributed by atoms with Crippen LogP contribution in [0.25, 0.3) is 0 Å². The van der Waals surface area contributed by atoms with Gasteiger partial charge in [0, 0.05) is 0 Å². The lowest BCUT2D eigenvalue weighted by Crippen LogP contribution is -2.78. The summed E-state index contributed by atoms with van der Waals surface area (Å²) in [6.07, 6.45) is -7.03. The predicted octanol–water partition coefficient (Wildman–Crippen LogP) is -3.32. The van der Waals surface area contributed by atoms with Crippen molar-refractivity contribution < 1.29 is 47.4 Å². The van der Waals surface area contributed by atoms with Gasteiger partial charge in [0.15, 0.2) is 23.2 Å². The second kappa shape index (κ2) is 5.56. The number of hydrogen-bond donors (Lipinski definition) is 7. The van der Waals surface area contributed by atoms with Crippen LogP contribution >= 0.6 is 0 Å². The normalized spacial score (nSPS) is 40.1. The number of aliphatic hydroxyl groups is 2. The summed E-state index contributed by atoms with van der Waals surface area (Å²) >= 11 is 0. The van der Waals surface area contributed by atoms with Gasteiger partial charge in [-0.2, -0.15) is 13.2 Å². The Morgan fingerprint density at radius 2 is 1.93 bits per heavy atom. The van der Waals surface area contributed by atoms with Crippen LogP contribution < -0.4 is 22.1 Å². The lowest BCUT2D eigenvalue weighted by molar-refractivity contribution is -0.943. The first-order valence-electron chi connectivity index (χ1n) is 9.00. The number of aliphatic hydroxyl groups excluding tert-OH is 1. The van der Waals surface area contributed by atoms with Crippen molar-refractivity contribution in [3.8, 4) is 0 Å². The molecule has 4 rings (SSSR count). The molecule has 3 heterocycles. The van der Waals surface area contributed by atoms with E-state index in [4.69, 9.17) is 16.2 Å². The zero-order valence-corrected chi connectivity index (χ0v) is 15.4. The molecule has 2 fully saturated rings. The van der Waals surface area contributed by atoms with Gasteiger partial charge in [-0.1, -0.05) is 0 Å². The number of nitrogens with zero attached hydrogens (tertiary/aromatic N) is 2. The molecule has 0 bridgehead atoms. The largest absolute Gasteiger partial charge is 0.455 e. The monoisotopic (exact) mass is 424 g/mol. The molecule has 1 spiro atoms. The molecule has 14 heteroatoms. The van der Waals surface area contributed by atoms with Crippen LogP contribution in [0.1, 0.15) is 19.8 Å². The van der Waals surface area contributed by atoms with Crippen molar-refractivity contribution in [1.82, 2.24) is 10.6 Å². The van der Waals surface area contributed by atoms with Crippen molar-refractivity contribution in [1.29, 1.82) is 0 Å². The number of esters is 1. The number of alkyl halides is 3. The third-order valence-electron chi connectivity index (χ3n) is 6.58. The summed E-state index contributed by atoms with van der Waals surface area (Å²) in [5.41, 5.74) is 5.24. The van der Waals surface area contributed by atoms with Crippen LogP contribution in [0.4, 0.5) is 13.2 Å². The maximum Gasteiger partial charge on any atom is 0.404 e. The number of nitrogens with one attached hydrogen (secondary N) is 2. The van der Waals surface area contributed by atoms with E-state index in [1.54, 1.807) is 0 Å². The van der Waals surface area contributed by atoms with Crippen molar-refractivity contribution in [3.05, 3.63) is 0 Å². The molecule has 1 aliphatic carbocycles. The summed E-state index contributed by atoms with van der Waals surface area (Å²) in [5.74, 6) is -1.83. The predicted molar refractivity (Wildman–Crippen MR) is 87.5 cm³/mol. The minimum Gasteiger partial charge on any atom is -0.455 e. The van der Waals surface area contributed by atoms with E-state index >= 15 is 0 Å². The molecular formula is C15H23F3N6O5+2. The summed E-state index contributed by atoms with van der Waals surface area (Å²) < 4.78 is 46.8. The van der Waals surface area contributed by atoms with Crippen LogP contribution in [0.3, 0.4) is 0 Å². The van der Waals surface area contributed by atoms with Crippen molar-refractivity contribution in [2.45, 2.75) is 55.4 Å². The second-order valence-electron chi connectivity index (χ2n) is 8.10. The molecule has 0 aromatic carbocycles. The number of ether oxygens (including phenoxy) is 1. The number of hydrogen-bond acceptors (Lipinski definition) is 9. The lowest BCUT2D eigenvalue weighted by Gasteiger charge is -2.41. The standard InChI is InChI=1S/C15H21F3N6O5/c1-12(27)7(29-9(26)13(2-3-13)15(16,17)18)4-23-10(19)21-6(5-25)8-14(12,23)24(28)11(20)22-8/h6-8,25,27-28H,2-5H2,1H3,(H4,19,20,21,22)/p+2/t6-,7-,8?,12-,14?/m0/s1. The fourth-order valence-corrected chi connectivity index (χ4v) is 4.73. The molecule has 4 aliphatic rings. The summed E-state index contributed by atoms with van der Waals surface area (Å²) in [5, 5.41) is 37.3. The first kappa shape index (κ1) is 19.8. The lowest BCUT2D eigenvalue weighted by atomic mass is 9.79. The highest BCUT2D eigenvalue weighted by atomic mass is 19.4. The van der Waals surface area contributed by atoms with E-state index in [9.17, 15) is 33.4 Å². The highest BCUT2D eigenvalue weighted by Gasteiger charge is 2.81. The molecular weight excluding hydrogens is 401 g/mol. The Balaban J connectivity index is 1.75. The fourth-order valence-electron chi connectivity index (χ4n) is 4.73. The minimum absolute atomic E-state index is 0.0772. The second-order valence-corrected chi connectivity index (χ2v) is 8.10. The highest BCUT2D eigenvalue weighted by Crippen LogP contribution is 2.59. The Kier molecular flexibility index (Phi) is 3.80. The number of guanidine groups is 2. The number of halogens is 3. The van der Waals surface area contributed by atoms with E-state index in [0.717, 1.165) is 0 Å². The number of rotatable bonds is 3. The summed E-state index contributed by atoms with van der Waals surface area (Å²) in [6.45, 7) is 0.431. The summed E-state index contributed by atoms with van der Waals surface area (Å²) in [4.78, 5) is 12.4. The van der Waals surface area contributed by atoms with Crippen LogP contribution in [-0.4, -0.2) is 91.4 Å². The van der Waals surface area contributed by atoms with Crippen molar-refractivity contribution >= 4 is 17.9 Å². The number of carbonyl (C=O) groups excluding carboxylic acids is 1. The van der Waals surface area contributed by atoms with Gasteiger partial charge in [-0.25, -0.2) is 4.58 Å². The Morgan fingerprint density at radius 3 is 2.45 bits per heavy atom. The fraction of sp³-hybridized carbons (Fsp3) is 0.800. The maximum absolute atomic E-state index is 13.3. The van der Waals surface area contributed by atoms with Gasteiger partial charge in [-0.05, 0) is 24.5 Å². The molecule has 9 N–H and O–H groups in total. The number of carbonyl (C=O) groups is 1. The molecule has 162 valence electrons. The molecule has 11 nitrogen and oxygen atoms in total. The average Bonchev–Trinajstić information content (AvgIpc) is 3.35. The molecule has 1 saturated carbocycles. The van der Waals surface area contributed by atoms with E-state index in [2.05, 4.69) is 10.6 Å². The minimum atomic E-state index is -4.77. The van der Waals surface area contributed by atoms with Gasteiger partial charge in [0.1, 0.15) is 12.6 Å². The molecule has 29 heavy (non-hydrogen) atoms. The Labute approximate surface area is 162 Å². The van der Waals surface area contributed by atoms with E-state index in [1.807, 2.05) is 0 Å². The molecule has 1 saturated heterocycles. The van der Waals surface area contributed by atoms with E-state index in [0.29, 0.717) is 4.74 Å². The zero-order chi connectivity index (χ0) is 21.6. The first-order chi connectivity index (χ1) is 13.3. The van der Waals surface area contributed by atoms with Crippen LogP contribution in [0.2, 0.25) is 0 Å². The molecule has 2 unspecified atom stereocenters. The highest BCUT2D eigenvalue weighted by molar-refractivity contribution is 5.81. The van der Waals surface area contributed by atoms with Crippen LogP contribution in [0.15, 0.2) is 0 Å². The summed E-state index contributed by atoms with van der Waals surface area (Å²) in [6, 6.07) is -1.76. The van der Waals surface area contributed by atoms with Gasteiger partial charge >= 0.3 is 29.7 Å². The number of nitrogens with two attached hydrogens (primary N) is 2. The van der Waals surface area contributed by atoms with Gasteiger partial charge in [0.2, 0.25) is 0 Å². The van der Waals surface area contributed by atoms with Crippen LogP contribution in [0, 0.1) is 5.41 Å². The molecule has 0 radical (unpaired) electrons. The van der Waals surface area contributed by atoms with E-state index in [-0.39, 0.29) is 18.5 Å². The molecule has 0 amide bonds. The topological polar surface area (TPSA) is 169 Å². The SMILES string of the molecule is C[C@]1(O)[C@@H](OC(=O)C2(C(F)(F)F)CC2)C[N+]2=C(N)N[C@@H](CO)C3NC(N)=[N+](O)C321. The molecule has 0 aromatic heterocycles. The molecule has 0 aromatic rings. The van der Waals surface area contributed by atoms with Crippen LogP contribution in [0.5, 0.6) is 0 Å². The molecule has 3 aliphatic heterocycles. The maximum atomic E-state index is 13.3. The zero-order valence-electron chi connectivity index (χ0n) is 15.4. The first-order valence-corrected chi connectivity index (χ1v) is 9.00. The van der Waals surface area contributed by atoms with Crippen molar-refractivity contribution in [3.63, 3.8) is 0 Å². The van der Waals surface area contributed by atoms with Crippen molar-refractivity contribution in [2.24, 2.45) is 16.9 Å². The Morgan fingerprint density at radius 1 is 1.31 bits per heavy atom.